The second-order valence-electron chi connectivity index (χ2n) is 4.77. The highest BCUT2D eigenvalue weighted by Gasteiger charge is 2.20. The van der Waals surface area contributed by atoms with Crippen LogP contribution in [0.5, 0.6) is 5.75 Å². The number of methoxy groups -OCH3 is 1. The molecule has 21 heavy (non-hydrogen) atoms. The third-order valence-corrected chi connectivity index (χ3v) is 4.60. The highest BCUT2D eigenvalue weighted by Crippen LogP contribution is 2.27. The van der Waals surface area contributed by atoms with Gasteiger partial charge in [-0.1, -0.05) is 0 Å². The lowest BCUT2D eigenvalue weighted by Gasteiger charge is -2.12. The number of hydrogen-bond acceptors (Lipinski definition) is 5. The SMILES string of the molecule is COc1cc(C)c(C)cc1S(=O)(=O)NCc1coc(C)n1. The van der Waals surface area contributed by atoms with E-state index in [1.807, 2.05) is 13.8 Å². The van der Waals surface area contributed by atoms with Crippen LogP contribution in [0, 0.1) is 20.8 Å². The van der Waals surface area contributed by atoms with Crippen molar-refractivity contribution in [3.63, 3.8) is 0 Å². The van der Waals surface area contributed by atoms with Gasteiger partial charge in [-0.2, -0.15) is 0 Å². The number of hydrogen-bond donors (Lipinski definition) is 1. The van der Waals surface area contributed by atoms with Gasteiger partial charge in [0, 0.05) is 6.92 Å². The first kappa shape index (κ1) is 15.5. The predicted molar refractivity (Wildman–Crippen MR) is 77.7 cm³/mol. The first-order valence-corrected chi connectivity index (χ1v) is 7.87. The fraction of sp³-hybridized carbons (Fsp3) is 0.357. The molecule has 0 saturated heterocycles. The maximum Gasteiger partial charge on any atom is 0.244 e. The van der Waals surface area contributed by atoms with Crippen LogP contribution in [0.3, 0.4) is 0 Å². The summed E-state index contributed by atoms with van der Waals surface area (Å²) in [7, 11) is -2.24. The second-order valence-corrected chi connectivity index (χ2v) is 6.51. The van der Waals surface area contributed by atoms with Gasteiger partial charge < -0.3 is 9.15 Å². The average molecular weight is 310 g/mol. The van der Waals surface area contributed by atoms with Crippen LogP contribution in [-0.4, -0.2) is 20.5 Å². The predicted octanol–water partition coefficient (Wildman–Crippen LogP) is 2.09. The van der Waals surface area contributed by atoms with Crippen LogP contribution in [0.1, 0.15) is 22.7 Å². The first-order valence-electron chi connectivity index (χ1n) is 6.39. The van der Waals surface area contributed by atoms with Crippen molar-refractivity contribution in [2.45, 2.75) is 32.2 Å². The molecule has 0 saturated carbocycles. The Morgan fingerprint density at radius 1 is 1.24 bits per heavy atom. The number of rotatable bonds is 5. The van der Waals surface area contributed by atoms with E-state index in [9.17, 15) is 8.42 Å². The molecule has 1 aromatic carbocycles. The minimum atomic E-state index is -3.69. The van der Waals surface area contributed by atoms with Crippen molar-refractivity contribution in [2.24, 2.45) is 0 Å². The minimum Gasteiger partial charge on any atom is -0.495 e. The number of oxazole rings is 1. The zero-order chi connectivity index (χ0) is 15.6. The van der Waals surface area contributed by atoms with Crippen molar-refractivity contribution < 1.29 is 17.6 Å². The van der Waals surface area contributed by atoms with Gasteiger partial charge in [-0.15, -0.1) is 0 Å². The monoisotopic (exact) mass is 310 g/mol. The first-order chi connectivity index (χ1) is 9.83. The Bertz CT molecular complexity index is 750. The molecule has 0 unspecified atom stereocenters. The lowest BCUT2D eigenvalue weighted by Crippen LogP contribution is -2.24. The fourth-order valence-corrected chi connectivity index (χ4v) is 3.10. The third kappa shape index (κ3) is 3.43. The van der Waals surface area contributed by atoms with Crippen molar-refractivity contribution in [1.82, 2.24) is 9.71 Å². The molecule has 0 atom stereocenters. The topological polar surface area (TPSA) is 81.4 Å². The Balaban J connectivity index is 2.28. The summed E-state index contributed by atoms with van der Waals surface area (Å²) >= 11 is 0. The fourth-order valence-electron chi connectivity index (χ4n) is 1.87. The standard InChI is InChI=1S/C14H18N2O4S/c1-9-5-13(19-4)14(6-10(9)2)21(17,18)15-7-12-8-20-11(3)16-12/h5-6,8,15H,7H2,1-4H3. The Hall–Kier alpha value is -1.86. The van der Waals surface area contributed by atoms with Gasteiger partial charge in [0.1, 0.15) is 16.9 Å². The van der Waals surface area contributed by atoms with Gasteiger partial charge in [-0.3, -0.25) is 0 Å². The maximum absolute atomic E-state index is 12.4. The summed E-state index contributed by atoms with van der Waals surface area (Å²) in [5.41, 5.74) is 2.38. The largest absolute Gasteiger partial charge is 0.495 e. The molecule has 0 amide bonds. The normalized spacial score (nSPS) is 11.6. The van der Waals surface area contributed by atoms with E-state index in [0.717, 1.165) is 11.1 Å². The number of nitrogens with one attached hydrogen (secondary N) is 1. The average Bonchev–Trinajstić information content (AvgIpc) is 2.85. The Kier molecular flexibility index (Phi) is 4.34. The summed E-state index contributed by atoms with van der Waals surface area (Å²) in [6.07, 6.45) is 1.43. The van der Waals surface area contributed by atoms with Gasteiger partial charge in [0.15, 0.2) is 5.89 Å². The van der Waals surface area contributed by atoms with E-state index in [-0.39, 0.29) is 11.4 Å². The van der Waals surface area contributed by atoms with Crippen molar-refractivity contribution in [3.8, 4) is 5.75 Å². The Morgan fingerprint density at radius 2 is 1.90 bits per heavy atom. The van der Waals surface area contributed by atoms with E-state index in [4.69, 9.17) is 9.15 Å². The third-order valence-electron chi connectivity index (χ3n) is 3.18. The maximum atomic E-state index is 12.4. The van der Waals surface area contributed by atoms with Gasteiger partial charge in [0.05, 0.1) is 19.3 Å². The molecule has 114 valence electrons. The van der Waals surface area contributed by atoms with Crippen LogP contribution in [0.4, 0.5) is 0 Å². The van der Waals surface area contributed by atoms with Crippen molar-refractivity contribution in [3.05, 3.63) is 41.1 Å². The van der Waals surface area contributed by atoms with Crippen molar-refractivity contribution >= 4 is 10.0 Å². The number of aromatic nitrogens is 1. The quantitative estimate of drug-likeness (QED) is 0.914. The van der Waals surface area contributed by atoms with E-state index in [0.29, 0.717) is 17.3 Å². The van der Waals surface area contributed by atoms with Crippen LogP contribution < -0.4 is 9.46 Å². The molecule has 0 aliphatic heterocycles. The molecular formula is C14H18N2O4S. The summed E-state index contributed by atoms with van der Waals surface area (Å²) < 4.78 is 37.5. The Morgan fingerprint density at radius 3 is 2.48 bits per heavy atom. The van der Waals surface area contributed by atoms with E-state index in [2.05, 4.69) is 9.71 Å². The van der Waals surface area contributed by atoms with Crippen LogP contribution in [-0.2, 0) is 16.6 Å². The number of sulfonamides is 1. The summed E-state index contributed by atoms with van der Waals surface area (Å²) in [5, 5.41) is 0. The minimum absolute atomic E-state index is 0.0652. The van der Waals surface area contributed by atoms with Crippen LogP contribution >= 0.6 is 0 Å². The molecule has 2 aromatic rings. The highest BCUT2D eigenvalue weighted by molar-refractivity contribution is 7.89. The molecular weight excluding hydrogens is 292 g/mol. The zero-order valence-corrected chi connectivity index (χ0v) is 13.2. The zero-order valence-electron chi connectivity index (χ0n) is 12.4. The van der Waals surface area contributed by atoms with Crippen molar-refractivity contribution in [2.75, 3.05) is 7.11 Å². The lowest BCUT2D eigenvalue weighted by atomic mass is 10.1. The Labute approximate surface area is 124 Å². The van der Waals surface area contributed by atoms with Crippen molar-refractivity contribution in [1.29, 1.82) is 0 Å². The van der Waals surface area contributed by atoms with Crippen LogP contribution in [0.25, 0.3) is 0 Å². The molecule has 0 radical (unpaired) electrons. The summed E-state index contributed by atoms with van der Waals surface area (Å²) in [4.78, 5) is 4.18. The molecule has 1 heterocycles. The number of benzene rings is 1. The van der Waals surface area contributed by atoms with Gasteiger partial charge in [0.25, 0.3) is 0 Å². The van der Waals surface area contributed by atoms with E-state index < -0.39 is 10.0 Å². The smallest absolute Gasteiger partial charge is 0.244 e. The van der Waals surface area contributed by atoms with Gasteiger partial charge in [-0.05, 0) is 37.1 Å². The van der Waals surface area contributed by atoms with Gasteiger partial charge in [0.2, 0.25) is 10.0 Å². The molecule has 0 fully saturated rings. The molecule has 0 bridgehead atoms. The summed E-state index contributed by atoms with van der Waals surface area (Å²) in [6, 6.07) is 3.31. The number of ether oxygens (including phenoxy) is 1. The van der Waals surface area contributed by atoms with Gasteiger partial charge >= 0.3 is 0 Å². The molecule has 0 aliphatic carbocycles. The van der Waals surface area contributed by atoms with Crippen LogP contribution in [0.15, 0.2) is 27.7 Å². The van der Waals surface area contributed by atoms with E-state index >= 15 is 0 Å². The number of nitrogens with zero attached hydrogens (tertiary/aromatic N) is 1. The van der Waals surface area contributed by atoms with E-state index in [1.165, 1.54) is 13.4 Å². The second kappa shape index (κ2) is 5.87. The number of aryl methyl sites for hydroxylation is 3. The van der Waals surface area contributed by atoms with Gasteiger partial charge in [-0.25, -0.2) is 18.1 Å². The molecule has 7 heteroatoms. The molecule has 0 aliphatic rings. The summed E-state index contributed by atoms with van der Waals surface area (Å²) in [5.74, 6) is 0.815. The highest BCUT2D eigenvalue weighted by atomic mass is 32.2. The molecule has 2 rings (SSSR count). The lowest BCUT2D eigenvalue weighted by molar-refractivity contribution is 0.401. The van der Waals surface area contributed by atoms with E-state index in [1.54, 1.807) is 19.1 Å². The molecule has 6 nitrogen and oxygen atoms in total. The molecule has 0 spiro atoms. The summed E-state index contributed by atoms with van der Waals surface area (Å²) in [6.45, 7) is 5.52. The molecule has 1 aromatic heterocycles. The molecule has 1 N–H and O–H groups in total. The van der Waals surface area contributed by atoms with Crippen LogP contribution in [0.2, 0.25) is 0 Å².